The number of carbonyl (C=O) groups is 2. The highest BCUT2D eigenvalue weighted by Gasteiger charge is 2.55. The molecule has 6 bridgehead atoms. The number of aromatic nitrogens is 2. The molecule has 2 saturated carbocycles. The fourth-order valence-electron chi connectivity index (χ4n) is 4.97. The van der Waals surface area contributed by atoms with Gasteiger partial charge in [-0.05, 0) is 42.9 Å². The topological polar surface area (TPSA) is 122 Å². The molecule has 0 spiro atoms. The summed E-state index contributed by atoms with van der Waals surface area (Å²) in [5.74, 6) is -0.677. The molecule has 0 saturated heterocycles. The summed E-state index contributed by atoms with van der Waals surface area (Å²) in [5.41, 5.74) is 7.00. The van der Waals surface area contributed by atoms with Gasteiger partial charge in [-0.3, -0.25) is 9.59 Å². The molecule has 2 aliphatic carbocycles. The zero-order chi connectivity index (χ0) is 20.8. The predicted octanol–water partition coefficient (Wildman–Crippen LogP) is 2.33. The number of primary amides is 1. The van der Waals surface area contributed by atoms with Crippen molar-refractivity contribution in [2.45, 2.75) is 24.1 Å². The fourth-order valence-corrected chi connectivity index (χ4v) is 6.32. The number of anilines is 4. The molecule has 1 aromatic heterocycles. The molecule has 156 valence electrons. The maximum atomic E-state index is 14.5. The van der Waals surface area contributed by atoms with E-state index in [0.717, 1.165) is 19.0 Å². The number of benzene rings is 1. The molecule has 2 aromatic rings. The standard InChI is InChI=1S/C20H21FN6O2S/c21-13-7-23-20-25-11-3-1-2-10(6-11)24-15(28)8-30-14-5-9-4-12(14)17(16(9)18(22)29)26-19(13)27-20/h1-3,6-7,9,12,14,16-17H,4-5,8H2,(H2,22,29)(H,24,28)(H2,23,25,26,27)/t9-,12-,14-,16+,17-/m1/s1. The van der Waals surface area contributed by atoms with Crippen LogP contribution in [0.4, 0.5) is 27.5 Å². The Labute approximate surface area is 176 Å². The molecule has 2 heterocycles. The van der Waals surface area contributed by atoms with Crippen LogP contribution >= 0.6 is 11.8 Å². The van der Waals surface area contributed by atoms with E-state index in [2.05, 4.69) is 25.9 Å². The number of halogens is 1. The van der Waals surface area contributed by atoms with E-state index in [1.165, 1.54) is 0 Å². The number of carbonyl (C=O) groups excluding carboxylic acids is 2. The molecule has 1 aromatic carbocycles. The second-order valence-electron chi connectivity index (χ2n) is 7.99. The summed E-state index contributed by atoms with van der Waals surface area (Å²) in [6.45, 7) is 0. The number of rotatable bonds is 1. The van der Waals surface area contributed by atoms with E-state index in [9.17, 15) is 14.0 Å². The number of nitrogens with one attached hydrogen (secondary N) is 3. The average Bonchev–Trinajstić information content (AvgIpc) is 3.27. The molecule has 5 rings (SSSR count). The van der Waals surface area contributed by atoms with Crippen LogP contribution in [0, 0.1) is 23.6 Å². The molecule has 1 aliphatic heterocycles. The van der Waals surface area contributed by atoms with Gasteiger partial charge in [0.1, 0.15) is 0 Å². The van der Waals surface area contributed by atoms with Gasteiger partial charge >= 0.3 is 0 Å². The second kappa shape index (κ2) is 7.42. The average molecular weight is 428 g/mol. The first-order valence-electron chi connectivity index (χ1n) is 9.85. The van der Waals surface area contributed by atoms with Crippen LogP contribution in [0.2, 0.25) is 0 Å². The minimum atomic E-state index is -0.592. The maximum absolute atomic E-state index is 14.5. The normalized spacial score (nSPS) is 29.8. The Morgan fingerprint density at radius 1 is 1.23 bits per heavy atom. The van der Waals surface area contributed by atoms with Gasteiger partial charge in [-0.1, -0.05) is 6.07 Å². The highest BCUT2D eigenvalue weighted by atomic mass is 32.2. The lowest BCUT2D eigenvalue weighted by molar-refractivity contribution is -0.123. The smallest absolute Gasteiger partial charge is 0.234 e. The molecule has 2 amide bonds. The highest BCUT2D eigenvalue weighted by molar-refractivity contribution is 8.00. The van der Waals surface area contributed by atoms with Gasteiger partial charge in [0, 0.05) is 22.7 Å². The third kappa shape index (κ3) is 3.45. The van der Waals surface area contributed by atoms with Gasteiger partial charge in [0.25, 0.3) is 0 Å². The molecule has 3 aliphatic rings. The van der Waals surface area contributed by atoms with Crippen molar-refractivity contribution in [3.05, 3.63) is 36.3 Å². The van der Waals surface area contributed by atoms with Gasteiger partial charge in [0.15, 0.2) is 11.6 Å². The van der Waals surface area contributed by atoms with Crippen LogP contribution in [0.25, 0.3) is 0 Å². The molecular weight excluding hydrogens is 407 g/mol. The van der Waals surface area contributed by atoms with Crippen LogP contribution in [-0.4, -0.2) is 38.8 Å². The first kappa shape index (κ1) is 19.1. The number of hydrogen-bond acceptors (Lipinski definition) is 7. The highest BCUT2D eigenvalue weighted by Crippen LogP contribution is 2.53. The Morgan fingerprint density at radius 3 is 2.83 bits per heavy atom. The summed E-state index contributed by atoms with van der Waals surface area (Å²) in [5, 5.41) is 9.27. The second-order valence-corrected chi connectivity index (χ2v) is 9.21. The summed E-state index contributed by atoms with van der Waals surface area (Å²) in [7, 11) is 0. The van der Waals surface area contributed by atoms with E-state index in [4.69, 9.17) is 5.73 Å². The summed E-state index contributed by atoms with van der Waals surface area (Å²) in [6, 6.07) is 6.83. The third-order valence-electron chi connectivity index (χ3n) is 6.15. The predicted molar refractivity (Wildman–Crippen MR) is 113 cm³/mol. The van der Waals surface area contributed by atoms with Gasteiger partial charge in [0.2, 0.25) is 17.8 Å². The Balaban J connectivity index is 1.53. The summed E-state index contributed by atoms with van der Waals surface area (Å²) in [4.78, 5) is 32.9. The van der Waals surface area contributed by atoms with Crippen LogP contribution in [0.3, 0.4) is 0 Å². The van der Waals surface area contributed by atoms with Crippen molar-refractivity contribution in [3.63, 3.8) is 0 Å². The zero-order valence-electron chi connectivity index (χ0n) is 16.0. The first-order chi connectivity index (χ1) is 14.5. The largest absolute Gasteiger partial charge is 0.369 e. The van der Waals surface area contributed by atoms with Gasteiger partial charge in [0.05, 0.1) is 17.9 Å². The van der Waals surface area contributed by atoms with Crippen molar-refractivity contribution in [3.8, 4) is 0 Å². The molecule has 2 fully saturated rings. The van der Waals surface area contributed by atoms with Crippen LogP contribution in [-0.2, 0) is 9.59 Å². The lowest BCUT2D eigenvalue weighted by Gasteiger charge is -2.34. The summed E-state index contributed by atoms with van der Waals surface area (Å²) < 4.78 is 14.5. The molecule has 10 heteroatoms. The minimum Gasteiger partial charge on any atom is -0.369 e. The lowest BCUT2D eigenvalue weighted by Crippen LogP contribution is -2.46. The van der Waals surface area contributed by atoms with Gasteiger partial charge in [-0.2, -0.15) is 4.98 Å². The summed E-state index contributed by atoms with van der Waals surface area (Å²) >= 11 is 1.58. The minimum absolute atomic E-state index is 0.0419. The van der Waals surface area contributed by atoms with Crippen LogP contribution < -0.4 is 21.7 Å². The Hall–Kier alpha value is -2.88. The van der Waals surface area contributed by atoms with Crippen molar-refractivity contribution in [2.24, 2.45) is 23.5 Å². The van der Waals surface area contributed by atoms with E-state index >= 15 is 0 Å². The van der Waals surface area contributed by atoms with Crippen LogP contribution in [0.5, 0.6) is 0 Å². The monoisotopic (exact) mass is 428 g/mol. The Bertz CT molecular complexity index is 1020. The molecule has 5 N–H and O–H groups in total. The van der Waals surface area contributed by atoms with Crippen molar-refractivity contribution >= 4 is 46.7 Å². The number of amides is 2. The van der Waals surface area contributed by atoms with Gasteiger partial charge in [-0.15, -0.1) is 11.8 Å². The third-order valence-corrected chi connectivity index (χ3v) is 7.55. The molecule has 30 heavy (non-hydrogen) atoms. The van der Waals surface area contributed by atoms with Gasteiger partial charge < -0.3 is 21.7 Å². The Morgan fingerprint density at radius 2 is 2.03 bits per heavy atom. The number of fused-ring (bicyclic) bond motifs is 5. The molecule has 0 unspecified atom stereocenters. The maximum Gasteiger partial charge on any atom is 0.234 e. The van der Waals surface area contributed by atoms with E-state index in [1.807, 2.05) is 0 Å². The van der Waals surface area contributed by atoms with E-state index < -0.39 is 11.7 Å². The first-order valence-corrected chi connectivity index (χ1v) is 10.9. The van der Waals surface area contributed by atoms with Crippen molar-refractivity contribution in [1.82, 2.24) is 9.97 Å². The van der Waals surface area contributed by atoms with Crippen LogP contribution in [0.15, 0.2) is 30.5 Å². The zero-order valence-corrected chi connectivity index (χ0v) is 16.8. The quantitative estimate of drug-likeness (QED) is 0.550. The SMILES string of the molecule is NC(=O)[C@H]1[C@@H]2C[C@H]3[C@H]1Nc1nc(ncc1F)Nc1cccc(c1)NC(=O)CS[C@@H]3C2. The lowest BCUT2D eigenvalue weighted by atomic mass is 9.83. The van der Waals surface area contributed by atoms with E-state index in [-0.39, 0.29) is 46.7 Å². The van der Waals surface area contributed by atoms with Crippen LogP contribution in [0.1, 0.15) is 12.8 Å². The van der Waals surface area contributed by atoms with Crippen molar-refractivity contribution < 1.29 is 14.0 Å². The van der Waals surface area contributed by atoms with Gasteiger partial charge in [-0.25, -0.2) is 9.37 Å². The molecule has 0 radical (unpaired) electrons. The van der Waals surface area contributed by atoms with Crippen molar-refractivity contribution in [2.75, 3.05) is 21.7 Å². The van der Waals surface area contributed by atoms with E-state index in [1.54, 1.807) is 36.0 Å². The number of nitrogens with zero attached hydrogens (tertiary/aromatic N) is 2. The molecule has 5 atom stereocenters. The number of thioether (sulfide) groups is 1. The molecular formula is C20H21FN6O2S. The number of nitrogens with two attached hydrogens (primary N) is 1. The molecule has 8 nitrogen and oxygen atoms in total. The Kier molecular flexibility index (Phi) is 4.73. The fraction of sp³-hybridized carbons (Fsp3) is 0.400. The van der Waals surface area contributed by atoms with E-state index in [0.29, 0.717) is 17.1 Å². The van der Waals surface area contributed by atoms with Crippen molar-refractivity contribution in [1.29, 1.82) is 0 Å². The number of hydrogen-bond donors (Lipinski definition) is 4. The summed E-state index contributed by atoms with van der Waals surface area (Å²) in [6.07, 6.45) is 2.74.